The van der Waals surface area contributed by atoms with Crippen LogP contribution in [0.5, 0.6) is 5.75 Å². The molecule has 0 unspecified atom stereocenters. The van der Waals surface area contributed by atoms with Crippen LogP contribution in [0.15, 0.2) is 77.7 Å². The number of methoxy groups -OCH3 is 1. The maximum atomic E-state index is 13.7. The van der Waals surface area contributed by atoms with Crippen LogP contribution in [0.25, 0.3) is 0 Å². The molecule has 9 nitrogen and oxygen atoms in total. The third kappa shape index (κ3) is 5.30. The van der Waals surface area contributed by atoms with Gasteiger partial charge in [0.25, 0.3) is 5.69 Å². The number of primary amides is 1. The van der Waals surface area contributed by atoms with Gasteiger partial charge in [-0.3, -0.25) is 14.9 Å². The molecule has 11 heteroatoms. The van der Waals surface area contributed by atoms with Gasteiger partial charge in [0, 0.05) is 29.3 Å². The van der Waals surface area contributed by atoms with Gasteiger partial charge in [-0.2, -0.15) is 4.31 Å². The normalized spacial score (nSPS) is 12.3. The largest absolute Gasteiger partial charge is 0.496 e. The Morgan fingerprint density at radius 1 is 1.12 bits per heavy atom. The maximum absolute atomic E-state index is 13.7. The molecule has 0 aliphatic carbocycles. The third-order valence-corrected chi connectivity index (χ3v) is 6.97. The van der Waals surface area contributed by atoms with Gasteiger partial charge in [-0.25, -0.2) is 8.42 Å². The molecule has 3 aromatic rings. The first-order valence-electron chi connectivity index (χ1n) is 9.58. The van der Waals surface area contributed by atoms with E-state index >= 15 is 0 Å². The van der Waals surface area contributed by atoms with Crippen LogP contribution in [0.4, 0.5) is 5.69 Å². The summed E-state index contributed by atoms with van der Waals surface area (Å²) >= 11 is 5.90. The van der Waals surface area contributed by atoms with Gasteiger partial charge in [0.1, 0.15) is 11.8 Å². The van der Waals surface area contributed by atoms with E-state index in [0.29, 0.717) is 10.6 Å². The van der Waals surface area contributed by atoms with E-state index in [1.165, 1.54) is 49.6 Å². The molecule has 33 heavy (non-hydrogen) atoms. The maximum Gasteiger partial charge on any atom is 0.270 e. The van der Waals surface area contributed by atoms with Crippen molar-refractivity contribution in [2.45, 2.75) is 17.5 Å². The number of nitrogens with zero attached hydrogens (tertiary/aromatic N) is 2. The Kier molecular flexibility index (Phi) is 7.32. The molecule has 1 amide bonds. The summed E-state index contributed by atoms with van der Waals surface area (Å²) in [5.41, 5.74) is 5.93. The van der Waals surface area contributed by atoms with Crippen LogP contribution in [0, 0.1) is 10.1 Å². The van der Waals surface area contributed by atoms with Crippen molar-refractivity contribution in [3.05, 3.63) is 99.1 Å². The average molecular weight is 490 g/mol. The number of nitrogens with two attached hydrogens (primary N) is 1. The highest BCUT2D eigenvalue weighted by Crippen LogP contribution is 2.33. The summed E-state index contributed by atoms with van der Waals surface area (Å²) in [5, 5.41) is 11.6. The van der Waals surface area contributed by atoms with Gasteiger partial charge in [-0.1, -0.05) is 41.9 Å². The molecule has 0 aromatic heterocycles. The predicted molar refractivity (Wildman–Crippen MR) is 122 cm³/mol. The number of nitro benzene ring substituents is 1. The zero-order chi connectivity index (χ0) is 24.2. The number of hydrogen-bond acceptors (Lipinski definition) is 6. The van der Waals surface area contributed by atoms with Crippen LogP contribution < -0.4 is 10.5 Å². The first-order valence-corrected chi connectivity index (χ1v) is 11.4. The quantitative estimate of drug-likeness (QED) is 0.360. The summed E-state index contributed by atoms with van der Waals surface area (Å²) in [7, 11) is -2.97. The minimum atomic E-state index is -4.32. The number of ether oxygens (including phenoxy) is 1. The van der Waals surface area contributed by atoms with Crippen molar-refractivity contribution < 1.29 is 22.9 Å². The van der Waals surface area contributed by atoms with Crippen LogP contribution in [-0.2, 0) is 21.4 Å². The van der Waals surface area contributed by atoms with Crippen molar-refractivity contribution in [1.29, 1.82) is 0 Å². The molecule has 2 N–H and O–H groups in total. The number of carbonyl (C=O) groups is 1. The molecular weight excluding hydrogens is 470 g/mol. The van der Waals surface area contributed by atoms with Crippen LogP contribution in [0.2, 0.25) is 5.02 Å². The van der Waals surface area contributed by atoms with Gasteiger partial charge in [0.15, 0.2) is 0 Å². The molecule has 0 saturated carbocycles. The fourth-order valence-electron chi connectivity index (χ4n) is 3.33. The van der Waals surface area contributed by atoms with Crippen LogP contribution in [-0.4, -0.2) is 30.7 Å². The smallest absolute Gasteiger partial charge is 0.270 e. The van der Waals surface area contributed by atoms with Gasteiger partial charge >= 0.3 is 0 Å². The Morgan fingerprint density at radius 2 is 1.76 bits per heavy atom. The zero-order valence-electron chi connectivity index (χ0n) is 17.4. The molecule has 0 aliphatic rings. The molecule has 3 rings (SSSR count). The van der Waals surface area contributed by atoms with Gasteiger partial charge in [-0.05, 0) is 35.9 Å². The number of carbonyl (C=O) groups excluding carboxylic acids is 1. The standard InChI is InChI=1S/C22H20ClN3O6S/c1-32-20-12-9-18(26(28)29)13-16(20)14-25(21(22(24)27)15-5-3-2-4-6-15)33(30,31)19-10-7-17(23)8-11-19/h2-13,21H,14H2,1H3,(H2,24,27)/t21-/m1/s1. The molecule has 0 saturated heterocycles. The van der Waals surface area contributed by atoms with Gasteiger partial charge in [-0.15, -0.1) is 0 Å². The number of rotatable bonds is 9. The number of amides is 1. The number of hydrogen-bond donors (Lipinski definition) is 1. The van der Waals surface area contributed by atoms with Crippen molar-refractivity contribution in [1.82, 2.24) is 4.31 Å². The summed E-state index contributed by atoms with van der Waals surface area (Å²) in [6.45, 7) is -0.418. The van der Waals surface area contributed by atoms with E-state index in [-0.39, 0.29) is 21.9 Å². The molecule has 0 aliphatic heterocycles. The SMILES string of the molecule is COc1ccc([N+](=O)[O-])cc1CN([C@@H](C(N)=O)c1ccccc1)S(=O)(=O)c1ccc(Cl)cc1. The highest BCUT2D eigenvalue weighted by Gasteiger charge is 2.37. The van der Waals surface area contributed by atoms with Crippen molar-refractivity contribution in [3.8, 4) is 5.75 Å². The van der Waals surface area contributed by atoms with Crippen LogP contribution in [0.1, 0.15) is 17.2 Å². The molecule has 0 spiro atoms. The Morgan fingerprint density at radius 3 is 2.30 bits per heavy atom. The highest BCUT2D eigenvalue weighted by molar-refractivity contribution is 7.89. The molecule has 0 fully saturated rings. The summed E-state index contributed by atoms with van der Waals surface area (Å²) < 4.78 is 33.6. The molecule has 0 radical (unpaired) electrons. The van der Waals surface area contributed by atoms with Crippen molar-refractivity contribution in [2.24, 2.45) is 5.73 Å². The fourth-order valence-corrected chi connectivity index (χ4v) is 5.02. The lowest BCUT2D eigenvalue weighted by molar-refractivity contribution is -0.384. The Bertz CT molecular complexity index is 1270. The minimum absolute atomic E-state index is 0.126. The predicted octanol–water partition coefficient (Wildman–Crippen LogP) is 3.67. The van der Waals surface area contributed by atoms with E-state index in [1.807, 2.05) is 0 Å². The number of non-ortho nitro benzene ring substituents is 1. The lowest BCUT2D eigenvalue weighted by Crippen LogP contribution is -2.41. The molecule has 1 atom stereocenters. The zero-order valence-corrected chi connectivity index (χ0v) is 19.0. The fraction of sp³-hybridized carbons (Fsp3) is 0.136. The monoisotopic (exact) mass is 489 g/mol. The second kappa shape index (κ2) is 9.99. The minimum Gasteiger partial charge on any atom is -0.496 e. The Balaban J connectivity index is 2.21. The summed E-state index contributed by atoms with van der Waals surface area (Å²) in [6.07, 6.45) is 0. The average Bonchev–Trinajstić information content (AvgIpc) is 2.79. The second-order valence-electron chi connectivity index (χ2n) is 6.97. The lowest BCUT2D eigenvalue weighted by Gasteiger charge is -2.29. The van der Waals surface area contributed by atoms with Crippen molar-refractivity contribution in [3.63, 3.8) is 0 Å². The van der Waals surface area contributed by atoms with E-state index in [4.69, 9.17) is 22.1 Å². The topological polar surface area (TPSA) is 133 Å². The number of benzene rings is 3. The summed E-state index contributed by atoms with van der Waals surface area (Å²) in [6, 6.07) is 16.0. The molecule has 3 aromatic carbocycles. The van der Waals surface area contributed by atoms with E-state index < -0.39 is 33.4 Å². The van der Waals surface area contributed by atoms with Gasteiger partial charge in [0.2, 0.25) is 15.9 Å². The first kappa shape index (κ1) is 24.2. The van der Waals surface area contributed by atoms with Crippen LogP contribution >= 0.6 is 11.6 Å². The lowest BCUT2D eigenvalue weighted by atomic mass is 10.1. The van der Waals surface area contributed by atoms with E-state index in [9.17, 15) is 23.3 Å². The van der Waals surface area contributed by atoms with Crippen molar-refractivity contribution in [2.75, 3.05) is 7.11 Å². The van der Waals surface area contributed by atoms with Crippen molar-refractivity contribution >= 4 is 33.2 Å². The van der Waals surface area contributed by atoms with E-state index in [2.05, 4.69) is 0 Å². The molecule has 172 valence electrons. The summed E-state index contributed by atoms with van der Waals surface area (Å²) in [5.74, 6) is -0.698. The van der Waals surface area contributed by atoms with E-state index in [1.54, 1.807) is 30.3 Å². The number of nitro groups is 1. The molecule has 0 heterocycles. The number of sulfonamides is 1. The molecular formula is C22H20ClN3O6S. The van der Waals surface area contributed by atoms with Gasteiger partial charge in [0.05, 0.1) is 16.9 Å². The first-order chi connectivity index (χ1) is 15.6. The van der Waals surface area contributed by atoms with Crippen LogP contribution in [0.3, 0.4) is 0 Å². The second-order valence-corrected chi connectivity index (χ2v) is 9.30. The number of halogens is 1. The van der Waals surface area contributed by atoms with Gasteiger partial charge < -0.3 is 10.5 Å². The summed E-state index contributed by atoms with van der Waals surface area (Å²) in [4.78, 5) is 23.1. The Hall–Kier alpha value is -3.47. The molecule has 0 bridgehead atoms. The highest BCUT2D eigenvalue weighted by atomic mass is 35.5. The third-order valence-electron chi connectivity index (χ3n) is 4.89. The van der Waals surface area contributed by atoms with E-state index in [0.717, 1.165) is 4.31 Å². The Labute approximate surface area is 195 Å².